The van der Waals surface area contributed by atoms with Crippen LogP contribution in [0, 0.1) is 0 Å². The van der Waals surface area contributed by atoms with Gasteiger partial charge < -0.3 is 15.6 Å². The minimum atomic E-state index is -4.64. The Morgan fingerprint density at radius 1 is 1.07 bits per heavy atom. The highest BCUT2D eigenvalue weighted by Crippen LogP contribution is 2.34. The Hall–Kier alpha value is -2.87. The highest BCUT2D eigenvalue weighted by molar-refractivity contribution is 7.80. The summed E-state index contributed by atoms with van der Waals surface area (Å²) in [5.41, 5.74) is 0.596. The van der Waals surface area contributed by atoms with Gasteiger partial charge in [-0.25, -0.2) is 0 Å². The SMILES string of the molecule is CC(C)c1ccccc1NC(=S)Nc1ccc2[nH]c(=O)cc(C(F)(F)F)c2c1. The highest BCUT2D eigenvalue weighted by atomic mass is 32.1. The Kier molecular flexibility index (Phi) is 5.42. The fourth-order valence-electron chi connectivity index (χ4n) is 2.96. The number of H-pyrrole nitrogens is 1. The number of hydrogen-bond donors (Lipinski definition) is 3. The molecule has 0 amide bonds. The number of thiocarbonyl (C=S) groups is 1. The number of aromatic amines is 1. The van der Waals surface area contributed by atoms with Gasteiger partial charge in [0.1, 0.15) is 0 Å². The van der Waals surface area contributed by atoms with Crippen LogP contribution in [-0.2, 0) is 6.18 Å². The molecule has 0 aliphatic heterocycles. The largest absolute Gasteiger partial charge is 0.417 e. The number of nitrogens with one attached hydrogen (secondary N) is 3. The summed E-state index contributed by atoms with van der Waals surface area (Å²) in [5.74, 6) is 0.276. The summed E-state index contributed by atoms with van der Waals surface area (Å²) >= 11 is 5.31. The molecule has 2 aromatic carbocycles. The van der Waals surface area contributed by atoms with E-state index >= 15 is 0 Å². The third-order valence-electron chi connectivity index (χ3n) is 4.24. The maximum atomic E-state index is 13.3. The van der Waals surface area contributed by atoms with Crippen LogP contribution in [0.15, 0.2) is 53.3 Å². The van der Waals surface area contributed by atoms with Crippen molar-refractivity contribution in [1.82, 2.24) is 4.98 Å². The molecule has 3 rings (SSSR count). The first-order valence-corrected chi connectivity index (χ1v) is 8.97. The highest BCUT2D eigenvalue weighted by Gasteiger charge is 2.33. The van der Waals surface area contributed by atoms with E-state index in [4.69, 9.17) is 12.2 Å². The molecule has 3 aromatic rings. The van der Waals surface area contributed by atoms with E-state index in [0.717, 1.165) is 11.3 Å². The standard InChI is InChI=1S/C20H18F3N3OS/c1-11(2)13-5-3-4-6-16(13)26-19(28)24-12-7-8-17-14(9-12)15(20(21,22)23)10-18(27)25-17/h3-11H,1-2H3,(H,25,27)(H2,24,26,28). The lowest BCUT2D eigenvalue weighted by Gasteiger charge is -2.16. The van der Waals surface area contributed by atoms with Crippen molar-refractivity contribution < 1.29 is 13.2 Å². The number of para-hydroxylation sites is 1. The van der Waals surface area contributed by atoms with Crippen LogP contribution in [0.25, 0.3) is 10.9 Å². The predicted octanol–water partition coefficient (Wildman–Crippen LogP) is 5.48. The summed E-state index contributed by atoms with van der Waals surface area (Å²) in [6.07, 6.45) is -4.64. The minimum Gasteiger partial charge on any atom is -0.332 e. The first kappa shape index (κ1) is 19.9. The van der Waals surface area contributed by atoms with E-state index in [0.29, 0.717) is 11.8 Å². The van der Waals surface area contributed by atoms with E-state index < -0.39 is 17.3 Å². The molecule has 0 spiro atoms. The second-order valence-corrected chi connectivity index (χ2v) is 7.03. The maximum Gasteiger partial charge on any atom is 0.417 e. The van der Waals surface area contributed by atoms with Crippen molar-refractivity contribution >= 4 is 39.6 Å². The Balaban J connectivity index is 1.90. The molecule has 3 N–H and O–H groups in total. The van der Waals surface area contributed by atoms with E-state index in [9.17, 15) is 18.0 Å². The average molecular weight is 405 g/mol. The second kappa shape index (κ2) is 7.63. The van der Waals surface area contributed by atoms with Gasteiger partial charge in [0, 0.05) is 28.3 Å². The first-order chi connectivity index (χ1) is 13.1. The van der Waals surface area contributed by atoms with Crippen molar-refractivity contribution in [2.75, 3.05) is 10.6 Å². The van der Waals surface area contributed by atoms with E-state index in [-0.39, 0.29) is 21.9 Å². The zero-order chi connectivity index (χ0) is 20.5. The van der Waals surface area contributed by atoms with E-state index in [1.807, 2.05) is 24.3 Å². The lowest BCUT2D eigenvalue weighted by molar-refractivity contribution is -0.136. The molecule has 0 aliphatic rings. The van der Waals surface area contributed by atoms with Gasteiger partial charge in [0.2, 0.25) is 5.56 Å². The smallest absolute Gasteiger partial charge is 0.332 e. The Bertz CT molecular complexity index is 1090. The van der Waals surface area contributed by atoms with Crippen molar-refractivity contribution in [2.45, 2.75) is 25.9 Å². The summed E-state index contributed by atoms with van der Waals surface area (Å²) in [6.45, 7) is 4.11. The molecule has 4 nitrogen and oxygen atoms in total. The number of aromatic nitrogens is 1. The Morgan fingerprint density at radius 3 is 2.46 bits per heavy atom. The average Bonchev–Trinajstić information content (AvgIpc) is 2.60. The van der Waals surface area contributed by atoms with Crippen LogP contribution in [0.5, 0.6) is 0 Å². The van der Waals surface area contributed by atoms with Crippen molar-refractivity contribution in [3.05, 3.63) is 70.0 Å². The van der Waals surface area contributed by atoms with Crippen LogP contribution < -0.4 is 16.2 Å². The molecule has 8 heteroatoms. The number of anilines is 2. The summed E-state index contributed by atoms with van der Waals surface area (Å²) in [4.78, 5) is 13.9. The normalized spacial score (nSPS) is 11.6. The van der Waals surface area contributed by atoms with Gasteiger partial charge in [-0.1, -0.05) is 32.0 Å². The topological polar surface area (TPSA) is 56.9 Å². The number of benzene rings is 2. The molecule has 0 saturated heterocycles. The summed E-state index contributed by atoms with van der Waals surface area (Å²) in [7, 11) is 0. The Morgan fingerprint density at radius 2 is 1.79 bits per heavy atom. The van der Waals surface area contributed by atoms with Crippen LogP contribution in [-0.4, -0.2) is 10.1 Å². The molecule has 0 bridgehead atoms. The lowest BCUT2D eigenvalue weighted by atomic mass is 10.0. The van der Waals surface area contributed by atoms with Crippen molar-refractivity contribution in [3.63, 3.8) is 0 Å². The molecule has 0 unspecified atom stereocenters. The van der Waals surface area contributed by atoms with Crippen molar-refractivity contribution in [1.29, 1.82) is 0 Å². The fraction of sp³-hybridized carbons (Fsp3) is 0.200. The zero-order valence-corrected chi connectivity index (χ0v) is 16.0. The van der Waals surface area contributed by atoms with Gasteiger partial charge in [-0.15, -0.1) is 0 Å². The van der Waals surface area contributed by atoms with Gasteiger partial charge in [0.25, 0.3) is 0 Å². The fourth-order valence-corrected chi connectivity index (χ4v) is 3.19. The molecule has 0 radical (unpaired) electrons. The van der Waals surface area contributed by atoms with Crippen LogP contribution in [0.1, 0.15) is 30.9 Å². The monoisotopic (exact) mass is 405 g/mol. The van der Waals surface area contributed by atoms with Crippen LogP contribution >= 0.6 is 12.2 Å². The first-order valence-electron chi connectivity index (χ1n) is 8.56. The molecule has 0 saturated carbocycles. The van der Waals surface area contributed by atoms with Crippen LogP contribution in [0.4, 0.5) is 24.5 Å². The van der Waals surface area contributed by atoms with Gasteiger partial charge in [0.05, 0.1) is 5.56 Å². The van der Waals surface area contributed by atoms with Gasteiger partial charge in [-0.3, -0.25) is 4.79 Å². The molecular formula is C20H18F3N3OS. The Labute approximate surface area is 164 Å². The van der Waals surface area contributed by atoms with E-state index in [1.165, 1.54) is 12.1 Å². The number of fused-ring (bicyclic) bond motifs is 1. The summed E-state index contributed by atoms with van der Waals surface area (Å²) in [6, 6.07) is 12.5. The van der Waals surface area contributed by atoms with Crippen LogP contribution in [0.2, 0.25) is 0 Å². The molecule has 28 heavy (non-hydrogen) atoms. The molecule has 0 atom stereocenters. The molecule has 1 heterocycles. The molecule has 0 fully saturated rings. The number of halogens is 3. The zero-order valence-electron chi connectivity index (χ0n) is 15.1. The third kappa shape index (κ3) is 4.33. The van der Waals surface area contributed by atoms with E-state index in [2.05, 4.69) is 29.5 Å². The minimum absolute atomic E-state index is 0.106. The summed E-state index contributed by atoms with van der Waals surface area (Å²) < 4.78 is 39.9. The number of alkyl halides is 3. The lowest BCUT2D eigenvalue weighted by Crippen LogP contribution is -2.20. The van der Waals surface area contributed by atoms with Gasteiger partial charge >= 0.3 is 6.18 Å². The molecule has 146 valence electrons. The van der Waals surface area contributed by atoms with Gasteiger partial charge in [0.15, 0.2) is 5.11 Å². The van der Waals surface area contributed by atoms with Crippen LogP contribution in [0.3, 0.4) is 0 Å². The van der Waals surface area contributed by atoms with E-state index in [1.54, 1.807) is 6.07 Å². The molecular weight excluding hydrogens is 387 g/mol. The molecule has 1 aromatic heterocycles. The number of pyridine rings is 1. The summed E-state index contributed by atoms with van der Waals surface area (Å²) in [5, 5.41) is 6.13. The molecule has 0 aliphatic carbocycles. The van der Waals surface area contributed by atoms with Crippen molar-refractivity contribution in [2.24, 2.45) is 0 Å². The number of rotatable bonds is 3. The van der Waals surface area contributed by atoms with Gasteiger partial charge in [-0.05, 0) is 48.0 Å². The number of hydrogen-bond acceptors (Lipinski definition) is 2. The van der Waals surface area contributed by atoms with Crippen molar-refractivity contribution in [3.8, 4) is 0 Å². The van der Waals surface area contributed by atoms with Gasteiger partial charge in [-0.2, -0.15) is 13.2 Å². The second-order valence-electron chi connectivity index (χ2n) is 6.63. The third-order valence-corrected chi connectivity index (χ3v) is 4.44. The predicted molar refractivity (Wildman–Crippen MR) is 110 cm³/mol. The quantitative estimate of drug-likeness (QED) is 0.505. The maximum absolute atomic E-state index is 13.3.